The minimum atomic E-state index is -0.519. The molecule has 11 heteroatoms. The van der Waals surface area contributed by atoms with Gasteiger partial charge in [-0.15, -0.1) is 5.11 Å². The predicted octanol–water partition coefficient (Wildman–Crippen LogP) is 4.75. The van der Waals surface area contributed by atoms with Crippen molar-refractivity contribution in [1.82, 2.24) is 5.32 Å². The Bertz CT molecular complexity index is 955. The van der Waals surface area contributed by atoms with Crippen LogP contribution in [0.2, 0.25) is 5.02 Å². The summed E-state index contributed by atoms with van der Waals surface area (Å²) in [5.74, 6) is -0.219. The molecule has 0 heterocycles. The molecule has 0 bridgehead atoms. The second-order valence-corrected chi connectivity index (χ2v) is 7.81. The van der Waals surface area contributed by atoms with Crippen LogP contribution in [0.15, 0.2) is 52.7 Å². The van der Waals surface area contributed by atoms with Gasteiger partial charge >= 0.3 is 5.97 Å². The molecule has 0 atom stereocenters. The summed E-state index contributed by atoms with van der Waals surface area (Å²) in [7, 11) is 0. The van der Waals surface area contributed by atoms with E-state index in [1.54, 1.807) is 0 Å². The minimum Gasteiger partial charge on any atom is -0.464 e. The summed E-state index contributed by atoms with van der Waals surface area (Å²) in [4.78, 5) is 24.2. The number of azo groups is 1. The number of non-ortho nitro benzene ring substituents is 1. The molecule has 34 heavy (non-hydrogen) atoms. The molecule has 0 saturated heterocycles. The Morgan fingerprint density at radius 2 is 1.94 bits per heavy atom. The van der Waals surface area contributed by atoms with Crippen molar-refractivity contribution in [3.8, 4) is 0 Å². The molecule has 0 radical (unpaired) electrons. The summed E-state index contributed by atoms with van der Waals surface area (Å²) in [6, 6.07) is 11.5. The largest absolute Gasteiger partial charge is 0.464 e. The first-order valence-electron chi connectivity index (χ1n) is 11.2. The Kier molecular flexibility index (Phi) is 11.9. The van der Waals surface area contributed by atoms with E-state index in [9.17, 15) is 14.9 Å². The van der Waals surface area contributed by atoms with Gasteiger partial charge in [0.15, 0.2) is 0 Å². The first-order chi connectivity index (χ1) is 16.4. The van der Waals surface area contributed by atoms with Crippen LogP contribution in [0.25, 0.3) is 0 Å². The van der Waals surface area contributed by atoms with Crippen LogP contribution >= 0.6 is 11.6 Å². The zero-order valence-electron chi connectivity index (χ0n) is 19.3. The Balaban J connectivity index is 1.80. The number of nitro groups is 1. The predicted molar refractivity (Wildman–Crippen MR) is 133 cm³/mol. The van der Waals surface area contributed by atoms with Crippen molar-refractivity contribution in [2.45, 2.75) is 26.2 Å². The molecule has 2 aromatic carbocycles. The molecule has 184 valence electrons. The van der Waals surface area contributed by atoms with Gasteiger partial charge in [-0.05, 0) is 63.2 Å². The topological polar surface area (TPSA) is 135 Å². The average molecular weight is 491 g/mol. The van der Waals surface area contributed by atoms with Crippen LogP contribution in [-0.2, 0) is 9.53 Å². The number of esters is 1. The van der Waals surface area contributed by atoms with Gasteiger partial charge in [0.05, 0.1) is 28.6 Å². The molecule has 0 aliphatic rings. The SMILES string of the molecule is CCN(CCOC(=O)CCNCCCCN)c1ccc(N=Nc2ccc([N+](=O)[O-])cc2Cl)cc1. The number of carbonyl (C=O) groups excluding carboxylic acids is 1. The maximum atomic E-state index is 11.9. The third-order valence-corrected chi connectivity index (χ3v) is 5.25. The molecule has 0 aromatic heterocycles. The fraction of sp³-hybridized carbons (Fsp3) is 0.435. The number of carbonyl (C=O) groups is 1. The Hall–Kier alpha value is -3.08. The maximum absolute atomic E-state index is 11.9. The maximum Gasteiger partial charge on any atom is 0.307 e. The number of nitrogens with zero attached hydrogens (tertiary/aromatic N) is 4. The second kappa shape index (κ2) is 14.9. The van der Waals surface area contributed by atoms with Crippen molar-refractivity contribution in [3.63, 3.8) is 0 Å². The van der Waals surface area contributed by atoms with Crippen LogP contribution in [0.4, 0.5) is 22.7 Å². The Labute approximate surface area is 204 Å². The van der Waals surface area contributed by atoms with Crippen molar-refractivity contribution in [3.05, 3.63) is 57.6 Å². The number of ether oxygens (including phenoxy) is 1. The molecule has 0 saturated carbocycles. The van der Waals surface area contributed by atoms with Gasteiger partial charge in [-0.1, -0.05) is 11.6 Å². The van der Waals surface area contributed by atoms with E-state index in [2.05, 4.69) is 20.4 Å². The van der Waals surface area contributed by atoms with Gasteiger partial charge < -0.3 is 20.7 Å². The number of hydrogen-bond acceptors (Lipinski definition) is 9. The molecule has 0 aliphatic heterocycles. The third-order valence-electron chi connectivity index (χ3n) is 4.95. The lowest BCUT2D eigenvalue weighted by molar-refractivity contribution is -0.384. The summed E-state index contributed by atoms with van der Waals surface area (Å²) < 4.78 is 5.34. The monoisotopic (exact) mass is 490 g/mol. The molecular weight excluding hydrogens is 460 g/mol. The molecule has 2 aromatic rings. The minimum absolute atomic E-state index is 0.103. The quantitative estimate of drug-likeness (QED) is 0.121. The van der Waals surface area contributed by atoms with Crippen LogP contribution in [0.3, 0.4) is 0 Å². The normalized spacial score (nSPS) is 11.0. The molecule has 0 amide bonds. The summed E-state index contributed by atoms with van der Waals surface area (Å²) >= 11 is 6.04. The van der Waals surface area contributed by atoms with Gasteiger partial charge in [-0.2, -0.15) is 5.11 Å². The van der Waals surface area contributed by atoms with Crippen molar-refractivity contribution < 1.29 is 14.5 Å². The van der Waals surface area contributed by atoms with Gasteiger partial charge in [0.1, 0.15) is 12.3 Å². The van der Waals surface area contributed by atoms with E-state index in [-0.39, 0.29) is 16.7 Å². The van der Waals surface area contributed by atoms with E-state index in [0.717, 1.165) is 31.6 Å². The summed E-state index contributed by atoms with van der Waals surface area (Å²) in [6.07, 6.45) is 2.32. The highest BCUT2D eigenvalue weighted by Crippen LogP contribution is 2.30. The number of unbranched alkanes of at least 4 members (excludes halogenated alkanes) is 1. The fourth-order valence-corrected chi connectivity index (χ4v) is 3.27. The number of likely N-dealkylation sites (N-methyl/N-ethyl adjacent to an activating group) is 1. The summed E-state index contributed by atoms with van der Waals surface area (Å²) in [5, 5.41) is 22.4. The van der Waals surface area contributed by atoms with Gasteiger partial charge in [-0.3, -0.25) is 14.9 Å². The van der Waals surface area contributed by atoms with Crippen molar-refractivity contribution >= 4 is 40.3 Å². The van der Waals surface area contributed by atoms with E-state index in [4.69, 9.17) is 22.1 Å². The molecule has 0 spiro atoms. The fourth-order valence-electron chi connectivity index (χ4n) is 3.05. The van der Waals surface area contributed by atoms with Crippen LogP contribution in [0.1, 0.15) is 26.2 Å². The smallest absolute Gasteiger partial charge is 0.307 e. The van der Waals surface area contributed by atoms with E-state index < -0.39 is 4.92 Å². The van der Waals surface area contributed by atoms with E-state index in [0.29, 0.717) is 44.0 Å². The summed E-state index contributed by atoms with van der Waals surface area (Å²) in [6.45, 7) is 5.79. The number of rotatable bonds is 15. The molecule has 0 fully saturated rings. The highest BCUT2D eigenvalue weighted by molar-refractivity contribution is 6.33. The number of nitrogens with two attached hydrogens (primary N) is 1. The highest BCUT2D eigenvalue weighted by atomic mass is 35.5. The van der Waals surface area contributed by atoms with Crippen LogP contribution < -0.4 is 16.0 Å². The number of anilines is 1. The van der Waals surface area contributed by atoms with Crippen molar-refractivity contribution in [2.24, 2.45) is 16.0 Å². The second-order valence-electron chi connectivity index (χ2n) is 7.41. The van der Waals surface area contributed by atoms with E-state index in [1.165, 1.54) is 18.2 Å². The third kappa shape index (κ3) is 9.42. The molecule has 0 aliphatic carbocycles. The van der Waals surface area contributed by atoms with Crippen molar-refractivity contribution in [1.29, 1.82) is 0 Å². The standard InChI is InChI=1S/C23H31ClN6O4/c1-2-29(15-16-34-23(31)11-14-26-13-4-3-12-25)19-7-5-18(6-8-19)27-28-22-10-9-20(30(32)33)17-21(22)24/h5-10,17,26H,2-4,11-16,25H2,1H3. The zero-order valence-corrected chi connectivity index (χ0v) is 20.0. The van der Waals surface area contributed by atoms with Gasteiger partial charge in [0, 0.05) is 30.9 Å². The van der Waals surface area contributed by atoms with Crippen LogP contribution in [-0.4, -0.2) is 50.2 Å². The van der Waals surface area contributed by atoms with Crippen LogP contribution in [0.5, 0.6) is 0 Å². The summed E-state index contributed by atoms with van der Waals surface area (Å²) in [5.41, 5.74) is 7.27. The lowest BCUT2D eigenvalue weighted by Crippen LogP contribution is -2.28. The van der Waals surface area contributed by atoms with Crippen molar-refractivity contribution in [2.75, 3.05) is 44.2 Å². The number of halogens is 1. The first-order valence-corrected chi connectivity index (χ1v) is 11.6. The Morgan fingerprint density at radius 1 is 1.18 bits per heavy atom. The van der Waals surface area contributed by atoms with Gasteiger partial charge in [0.2, 0.25) is 0 Å². The van der Waals surface area contributed by atoms with E-state index in [1.807, 2.05) is 31.2 Å². The number of benzene rings is 2. The van der Waals surface area contributed by atoms with Gasteiger partial charge in [0.25, 0.3) is 5.69 Å². The molecule has 10 nitrogen and oxygen atoms in total. The lowest BCUT2D eigenvalue weighted by Gasteiger charge is -2.23. The number of nitro benzene ring substituents is 1. The molecular formula is C23H31ClN6O4. The van der Waals surface area contributed by atoms with E-state index >= 15 is 0 Å². The average Bonchev–Trinajstić information content (AvgIpc) is 2.83. The molecule has 2 rings (SSSR count). The number of nitrogens with one attached hydrogen (secondary N) is 1. The van der Waals surface area contributed by atoms with Gasteiger partial charge in [-0.25, -0.2) is 0 Å². The lowest BCUT2D eigenvalue weighted by atomic mass is 10.2. The molecule has 0 unspecified atom stereocenters. The zero-order chi connectivity index (χ0) is 24.8. The highest BCUT2D eigenvalue weighted by Gasteiger charge is 2.10. The molecule has 3 N–H and O–H groups in total. The van der Waals surface area contributed by atoms with Crippen LogP contribution in [0, 0.1) is 10.1 Å². The Morgan fingerprint density at radius 3 is 2.59 bits per heavy atom. The number of hydrogen-bond donors (Lipinski definition) is 2. The first kappa shape index (κ1) is 27.2.